The van der Waals surface area contributed by atoms with Gasteiger partial charge in [0.05, 0.1) is 4.92 Å². The van der Waals surface area contributed by atoms with Gasteiger partial charge in [-0.1, -0.05) is 6.92 Å². The number of nitrogens with zero attached hydrogens (tertiary/aromatic N) is 2. The third-order valence-electron chi connectivity index (χ3n) is 2.13. The molecule has 1 unspecified atom stereocenters. The minimum Gasteiger partial charge on any atom is -0.396 e. The van der Waals surface area contributed by atoms with Gasteiger partial charge >= 0.3 is 0 Å². The summed E-state index contributed by atoms with van der Waals surface area (Å²) >= 11 is 1.47. The fraction of sp³-hybridized carbons (Fsp3) is 0.364. The van der Waals surface area contributed by atoms with Crippen molar-refractivity contribution in [2.75, 3.05) is 12.4 Å². The van der Waals surface area contributed by atoms with E-state index in [0.717, 1.165) is 4.90 Å². The number of hydrogen-bond acceptors (Lipinski definition) is 5. The third kappa shape index (κ3) is 3.73. The molecule has 5 nitrogen and oxygen atoms in total. The zero-order valence-corrected chi connectivity index (χ0v) is 10.1. The summed E-state index contributed by atoms with van der Waals surface area (Å²) in [7, 11) is 0. The molecule has 0 aliphatic rings. The molecule has 17 heavy (non-hydrogen) atoms. The topological polar surface area (TPSA) is 87.2 Å². The van der Waals surface area contributed by atoms with Crippen LogP contribution in [-0.2, 0) is 0 Å². The van der Waals surface area contributed by atoms with Gasteiger partial charge in [-0.25, -0.2) is 0 Å². The van der Waals surface area contributed by atoms with Gasteiger partial charge in [-0.15, -0.1) is 11.8 Å². The Labute approximate surface area is 103 Å². The molecule has 6 heteroatoms. The quantitative estimate of drug-likeness (QED) is 0.493. The van der Waals surface area contributed by atoms with E-state index < -0.39 is 4.92 Å². The van der Waals surface area contributed by atoms with E-state index in [1.165, 1.54) is 23.9 Å². The van der Waals surface area contributed by atoms with Crippen LogP contribution in [0.15, 0.2) is 23.1 Å². The summed E-state index contributed by atoms with van der Waals surface area (Å²) in [6, 6.07) is 6.28. The highest BCUT2D eigenvalue weighted by Crippen LogP contribution is 2.26. The van der Waals surface area contributed by atoms with E-state index in [-0.39, 0.29) is 23.8 Å². The van der Waals surface area contributed by atoms with Crippen LogP contribution in [0.25, 0.3) is 0 Å². The normalized spacial score (nSPS) is 11.8. The fourth-order valence-corrected chi connectivity index (χ4v) is 2.09. The van der Waals surface area contributed by atoms with Crippen LogP contribution in [0.4, 0.5) is 5.69 Å². The molecule has 1 N–H and O–H groups in total. The first-order chi connectivity index (χ1) is 8.08. The highest BCUT2D eigenvalue weighted by molar-refractivity contribution is 7.99. The average molecular weight is 252 g/mol. The Bertz CT molecular complexity index is 457. The summed E-state index contributed by atoms with van der Waals surface area (Å²) in [5.74, 6) is 0.861. The number of rotatable bonds is 5. The van der Waals surface area contributed by atoms with Gasteiger partial charge in [0.15, 0.2) is 0 Å². The number of thioether (sulfide) groups is 1. The van der Waals surface area contributed by atoms with Gasteiger partial charge in [-0.3, -0.25) is 10.1 Å². The number of nitriles is 1. The van der Waals surface area contributed by atoms with Crippen molar-refractivity contribution in [1.82, 2.24) is 0 Å². The fourth-order valence-electron chi connectivity index (χ4n) is 1.14. The van der Waals surface area contributed by atoms with Crippen LogP contribution in [0, 0.1) is 27.4 Å². The number of hydrogen-bond donors (Lipinski definition) is 1. The van der Waals surface area contributed by atoms with E-state index in [1.54, 1.807) is 6.07 Å². The molecule has 0 aliphatic carbocycles. The first-order valence-corrected chi connectivity index (χ1v) is 5.99. The molecule has 0 amide bonds. The lowest BCUT2D eigenvalue weighted by atomic mass is 10.2. The molecule has 0 aliphatic heterocycles. The molecule has 1 atom stereocenters. The molecule has 1 aromatic rings. The van der Waals surface area contributed by atoms with Gasteiger partial charge < -0.3 is 5.11 Å². The van der Waals surface area contributed by atoms with Crippen molar-refractivity contribution < 1.29 is 10.0 Å². The van der Waals surface area contributed by atoms with Crippen molar-refractivity contribution in [3.05, 3.63) is 33.9 Å². The average Bonchev–Trinajstić information content (AvgIpc) is 2.35. The molecule has 1 aromatic carbocycles. The van der Waals surface area contributed by atoms with Crippen LogP contribution in [0.3, 0.4) is 0 Å². The summed E-state index contributed by atoms with van der Waals surface area (Å²) in [4.78, 5) is 10.9. The second-order valence-electron chi connectivity index (χ2n) is 3.65. The molecular weight excluding hydrogens is 240 g/mol. The zero-order chi connectivity index (χ0) is 12.8. The molecule has 90 valence electrons. The Hall–Kier alpha value is -1.58. The standard InChI is InChI=1S/C11H12N2O3S/c1-8(6-14)7-17-10-2-3-11(13(15)16)9(4-10)5-12/h2-4,8,14H,6-7H2,1H3. The first-order valence-electron chi connectivity index (χ1n) is 5.00. The van der Waals surface area contributed by atoms with Crippen LogP contribution in [0.1, 0.15) is 12.5 Å². The zero-order valence-electron chi connectivity index (χ0n) is 9.29. The van der Waals surface area contributed by atoms with Crippen LogP contribution in [0.5, 0.6) is 0 Å². The van der Waals surface area contributed by atoms with Crippen molar-refractivity contribution in [3.8, 4) is 6.07 Å². The third-order valence-corrected chi connectivity index (χ3v) is 3.45. The molecule has 1 rings (SSSR count). The highest BCUT2D eigenvalue weighted by atomic mass is 32.2. The van der Waals surface area contributed by atoms with E-state index in [2.05, 4.69) is 0 Å². The lowest BCUT2D eigenvalue weighted by Gasteiger charge is -2.07. The van der Waals surface area contributed by atoms with E-state index in [9.17, 15) is 10.1 Å². The summed E-state index contributed by atoms with van der Waals surface area (Å²) < 4.78 is 0. The predicted octanol–water partition coefficient (Wildman–Crippen LogP) is 2.19. The molecule has 0 heterocycles. The molecule has 0 saturated carbocycles. The van der Waals surface area contributed by atoms with Crippen molar-refractivity contribution in [1.29, 1.82) is 5.26 Å². The van der Waals surface area contributed by atoms with E-state index in [1.807, 2.05) is 13.0 Å². The largest absolute Gasteiger partial charge is 0.396 e. The Morgan fingerprint density at radius 3 is 2.88 bits per heavy atom. The van der Waals surface area contributed by atoms with Gasteiger partial charge in [0, 0.05) is 23.3 Å². The van der Waals surface area contributed by atoms with Crippen molar-refractivity contribution in [2.45, 2.75) is 11.8 Å². The van der Waals surface area contributed by atoms with Crippen molar-refractivity contribution in [3.63, 3.8) is 0 Å². The van der Waals surface area contributed by atoms with Crippen molar-refractivity contribution >= 4 is 17.4 Å². The predicted molar refractivity (Wildman–Crippen MR) is 64.8 cm³/mol. The maximum absolute atomic E-state index is 10.6. The Morgan fingerprint density at radius 1 is 1.65 bits per heavy atom. The smallest absolute Gasteiger partial charge is 0.287 e. The number of nitro groups is 1. The monoisotopic (exact) mass is 252 g/mol. The maximum atomic E-state index is 10.6. The summed E-state index contributed by atoms with van der Waals surface area (Å²) in [6.45, 7) is 2.01. The van der Waals surface area contributed by atoms with Crippen molar-refractivity contribution in [2.24, 2.45) is 5.92 Å². The number of aliphatic hydroxyl groups is 1. The van der Waals surface area contributed by atoms with Crippen LogP contribution in [0.2, 0.25) is 0 Å². The van der Waals surface area contributed by atoms with Gasteiger partial charge in [-0.2, -0.15) is 5.26 Å². The molecular formula is C11H12N2O3S. The Balaban J connectivity index is 2.84. The SMILES string of the molecule is CC(CO)CSc1ccc([N+](=O)[O-])c(C#N)c1. The molecule has 0 saturated heterocycles. The second-order valence-corrected chi connectivity index (χ2v) is 4.74. The summed E-state index contributed by atoms with van der Waals surface area (Å²) in [5.41, 5.74) is -0.108. The van der Waals surface area contributed by atoms with Crippen LogP contribution < -0.4 is 0 Å². The first kappa shape index (κ1) is 13.5. The lowest BCUT2D eigenvalue weighted by Crippen LogP contribution is -2.03. The maximum Gasteiger partial charge on any atom is 0.287 e. The number of aliphatic hydroxyl groups excluding tert-OH is 1. The second kappa shape index (κ2) is 6.23. The molecule has 0 radical (unpaired) electrons. The Morgan fingerprint density at radius 2 is 2.35 bits per heavy atom. The lowest BCUT2D eigenvalue weighted by molar-refractivity contribution is -0.385. The molecule has 0 aromatic heterocycles. The molecule has 0 spiro atoms. The van der Waals surface area contributed by atoms with Gasteiger partial charge in [0.25, 0.3) is 5.69 Å². The minimum atomic E-state index is -0.566. The molecule has 0 fully saturated rings. The highest BCUT2D eigenvalue weighted by Gasteiger charge is 2.14. The number of benzene rings is 1. The van der Waals surface area contributed by atoms with E-state index in [4.69, 9.17) is 10.4 Å². The van der Waals surface area contributed by atoms with E-state index >= 15 is 0 Å². The van der Waals surface area contributed by atoms with Gasteiger partial charge in [0.2, 0.25) is 0 Å². The minimum absolute atomic E-state index is 0.0663. The van der Waals surface area contributed by atoms with Gasteiger partial charge in [0.1, 0.15) is 11.6 Å². The number of nitro benzene ring substituents is 1. The van der Waals surface area contributed by atoms with E-state index in [0.29, 0.717) is 5.75 Å². The summed E-state index contributed by atoms with van der Waals surface area (Å²) in [5, 5.41) is 28.3. The van der Waals surface area contributed by atoms with Gasteiger partial charge in [-0.05, 0) is 18.1 Å². The summed E-state index contributed by atoms with van der Waals surface area (Å²) in [6.07, 6.45) is 0. The van der Waals surface area contributed by atoms with Crippen LogP contribution in [-0.4, -0.2) is 22.4 Å². The Kier molecular flexibility index (Phi) is 4.94. The van der Waals surface area contributed by atoms with Crippen LogP contribution >= 0.6 is 11.8 Å². The molecule has 0 bridgehead atoms.